The Morgan fingerprint density at radius 1 is 1.27 bits per heavy atom. The molecule has 1 aromatic carbocycles. The highest BCUT2D eigenvalue weighted by Gasteiger charge is 2.29. The van der Waals surface area contributed by atoms with Crippen LogP contribution in [0.2, 0.25) is 0 Å². The molecule has 1 heterocycles. The van der Waals surface area contributed by atoms with Crippen molar-refractivity contribution in [1.82, 2.24) is 5.59 Å². The van der Waals surface area contributed by atoms with Gasteiger partial charge >= 0.3 is 11.9 Å². The van der Waals surface area contributed by atoms with Crippen LogP contribution < -0.4 is 10.8 Å². The Balaban J connectivity index is 2.19. The molecule has 1 fully saturated rings. The van der Waals surface area contributed by atoms with Gasteiger partial charge < -0.3 is 9.68 Å². The molecular formula is C8H5FN2O4. The van der Waals surface area contributed by atoms with Crippen LogP contribution in [-0.4, -0.2) is 11.9 Å². The molecular weight excluding hydrogens is 207 g/mol. The van der Waals surface area contributed by atoms with Crippen molar-refractivity contribution in [3.8, 4) is 0 Å². The number of halogens is 1. The fourth-order valence-corrected chi connectivity index (χ4v) is 0.971. The highest BCUT2D eigenvalue weighted by atomic mass is 19.1. The monoisotopic (exact) mass is 212 g/mol. The number of anilines is 1. The maximum atomic E-state index is 12.8. The van der Waals surface area contributed by atoms with Crippen LogP contribution in [0.15, 0.2) is 24.3 Å². The van der Waals surface area contributed by atoms with Gasteiger partial charge in [-0.3, -0.25) is 0 Å². The molecule has 1 N–H and O–H groups in total. The maximum Gasteiger partial charge on any atom is 0.444 e. The lowest BCUT2D eigenvalue weighted by Gasteiger charge is -2.24. The average molecular weight is 212 g/mol. The first kappa shape index (κ1) is 9.41. The molecule has 15 heavy (non-hydrogen) atoms. The van der Waals surface area contributed by atoms with Gasteiger partial charge in [-0.25, -0.2) is 14.0 Å². The second kappa shape index (κ2) is 3.54. The van der Waals surface area contributed by atoms with Crippen LogP contribution in [0.4, 0.5) is 10.1 Å². The SMILES string of the molecule is O=C1ONN(c2cccc(F)c2)OC1=O. The predicted molar refractivity (Wildman–Crippen MR) is 44.2 cm³/mol. The van der Waals surface area contributed by atoms with E-state index >= 15 is 0 Å². The molecule has 0 atom stereocenters. The summed E-state index contributed by atoms with van der Waals surface area (Å²) in [5, 5.41) is 0.743. The van der Waals surface area contributed by atoms with Gasteiger partial charge in [0.15, 0.2) is 0 Å². The molecule has 0 unspecified atom stereocenters. The van der Waals surface area contributed by atoms with Crippen LogP contribution in [0.1, 0.15) is 0 Å². The standard InChI is InChI=1S/C8H5FN2O4/c9-5-2-1-3-6(4-5)11-10-14-7(12)8(13)15-11/h1-4,10H. The van der Waals surface area contributed by atoms with E-state index in [1.807, 2.05) is 5.59 Å². The Labute approximate surface area is 83.1 Å². The molecule has 0 aliphatic carbocycles. The van der Waals surface area contributed by atoms with Crippen molar-refractivity contribution in [1.29, 1.82) is 0 Å². The number of nitrogens with zero attached hydrogens (tertiary/aromatic N) is 1. The van der Waals surface area contributed by atoms with Gasteiger partial charge in [0.25, 0.3) is 0 Å². The number of hydrazine groups is 1. The van der Waals surface area contributed by atoms with Crippen molar-refractivity contribution in [2.75, 3.05) is 5.17 Å². The Kier molecular flexibility index (Phi) is 2.22. The van der Waals surface area contributed by atoms with E-state index in [-0.39, 0.29) is 5.69 Å². The van der Waals surface area contributed by atoms with Crippen molar-refractivity contribution < 1.29 is 23.7 Å². The molecule has 0 saturated carbocycles. The third kappa shape index (κ3) is 1.86. The highest BCUT2D eigenvalue weighted by molar-refractivity contribution is 6.30. The molecule has 0 radical (unpaired) electrons. The van der Waals surface area contributed by atoms with Crippen molar-refractivity contribution in [2.24, 2.45) is 0 Å². The third-order valence-corrected chi connectivity index (χ3v) is 1.60. The first-order valence-electron chi connectivity index (χ1n) is 3.91. The molecule has 1 aromatic rings. The summed E-state index contributed by atoms with van der Waals surface area (Å²) in [6, 6.07) is 5.19. The summed E-state index contributed by atoms with van der Waals surface area (Å²) in [5.74, 6) is -2.86. The van der Waals surface area contributed by atoms with Gasteiger partial charge in [0.1, 0.15) is 11.5 Å². The van der Waals surface area contributed by atoms with E-state index in [1.165, 1.54) is 18.2 Å². The molecule has 0 aromatic heterocycles. The zero-order valence-electron chi connectivity index (χ0n) is 7.27. The zero-order valence-corrected chi connectivity index (χ0v) is 7.27. The fraction of sp³-hybridized carbons (Fsp3) is 0. The smallest absolute Gasteiger partial charge is 0.338 e. The lowest BCUT2D eigenvalue weighted by Crippen LogP contribution is -2.49. The Morgan fingerprint density at radius 2 is 2.07 bits per heavy atom. The Bertz CT molecular complexity index is 423. The number of hydrogen-bond donors (Lipinski definition) is 1. The van der Waals surface area contributed by atoms with Gasteiger partial charge in [-0.15, -0.1) is 5.17 Å². The lowest BCUT2D eigenvalue weighted by molar-refractivity contribution is -0.192. The summed E-state index contributed by atoms with van der Waals surface area (Å²) in [6.45, 7) is 0. The van der Waals surface area contributed by atoms with E-state index in [4.69, 9.17) is 0 Å². The molecule has 7 heteroatoms. The summed E-state index contributed by atoms with van der Waals surface area (Å²) in [6.07, 6.45) is 0. The van der Waals surface area contributed by atoms with Crippen LogP contribution in [-0.2, 0) is 19.3 Å². The molecule has 6 nitrogen and oxygen atoms in total. The number of rotatable bonds is 1. The first-order valence-corrected chi connectivity index (χ1v) is 3.91. The predicted octanol–water partition coefficient (Wildman–Crippen LogP) is 0.0667. The van der Waals surface area contributed by atoms with E-state index in [0.717, 1.165) is 11.2 Å². The van der Waals surface area contributed by atoms with Crippen LogP contribution in [0, 0.1) is 5.82 Å². The van der Waals surface area contributed by atoms with E-state index in [0.29, 0.717) is 0 Å². The second-order valence-corrected chi connectivity index (χ2v) is 2.63. The van der Waals surface area contributed by atoms with Gasteiger partial charge in [0.2, 0.25) is 0 Å². The first-order chi connectivity index (χ1) is 7.16. The number of hydrogen-bond acceptors (Lipinski definition) is 6. The molecule has 2 rings (SSSR count). The molecule has 1 aliphatic rings. The number of carbonyl (C=O) groups is 2. The summed E-state index contributed by atoms with van der Waals surface area (Å²) in [5.41, 5.74) is 2.21. The van der Waals surface area contributed by atoms with Crippen molar-refractivity contribution in [3.05, 3.63) is 30.1 Å². The normalized spacial score (nSPS) is 15.9. The fourth-order valence-electron chi connectivity index (χ4n) is 0.971. The van der Waals surface area contributed by atoms with Gasteiger partial charge in [0, 0.05) is 6.07 Å². The highest BCUT2D eigenvalue weighted by Crippen LogP contribution is 2.15. The average Bonchev–Trinajstić information content (AvgIpc) is 2.22. The molecule has 1 aliphatic heterocycles. The molecule has 0 spiro atoms. The van der Waals surface area contributed by atoms with E-state index < -0.39 is 17.8 Å². The minimum absolute atomic E-state index is 0.191. The topological polar surface area (TPSA) is 67.9 Å². The minimum atomic E-state index is -1.18. The van der Waals surface area contributed by atoms with Crippen molar-refractivity contribution in [2.45, 2.75) is 0 Å². The Morgan fingerprint density at radius 3 is 2.73 bits per heavy atom. The van der Waals surface area contributed by atoms with Crippen LogP contribution in [0.5, 0.6) is 0 Å². The number of nitrogens with one attached hydrogen (secondary N) is 1. The maximum absolute atomic E-state index is 12.8. The van der Waals surface area contributed by atoms with Crippen molar-refractivity contribution in [3.63, 3.8) is 0 Å². The molecule has 0 bridgehead atoms. The lowest BCUT2D eigenvalue weighted by atomic mass is 10.3. The summed E-state index contributed by atoms with van der Waals surface area (Å²) >= 11 is 0. The second-order valence-electron chi connectivity index (χ2n) is 2.63. The van der Waals surface area contributed by atoms with E-state index in [9.17, 15) is 14.0 Å². The molecule has 0 amide bonds. The van der Waals surface area contributed by atoms with E-state index in [2.05, 4.69) is 9.68 Å². The zero-order chi connectivity index (χ0) is 10.8. The minimum Gasteiger partial charge on any atom is -0.338 e. The third-order valence-electron chi connectivity index (χ3n) is 1.60. The molecule has 1 saturated heterocycles. The Hall–Kier alpha value is -2.15. The summed E-state index contributed by atoms with van der Waals surface area (Å²) < 4.78 is 12.8. The van der Waals surface area contributed by atoms with Crippen LogP contribution in [0.3, 0.4) is 0 Å². The van der Waals surface area contributed by atoms with Gasteiger partial charge in [-0.2, -0.15) is 0 Å². The largest absolute Gasteiger partial charge is 0.444 e. The van der Waals surface area contributed by atoms with E-state index in [1.54, 1.807) is 0 Å². The summed E-state index contributed by atoms with van der Waals surface area (Å²) in [4.78, 5) is 30.1. The van der Waals surface area contributed by atoms with Gasteiger partial charge in [0.05, 0.1) is 0 Å². The van der Waals surface area contributed by atoms with Crippen LogP contribution in [0.25, 0.3) is 0 Å². The number of benzene rings is 1. The van der Waals surface area contributed by atoms with Gasteiger partial charge in [-0.1, -0.05) is 6.07 Å². The quantitative estimate of drug-likeness (QED) is 0.664. The number of carbonyl (C=O) groups excluding carboxylic acids is 2. The van der Waals surface area contributed by atoms with Crippen molar-refractivity contribution >= 4 is 17.6 Å². The molecule has 78 valence electrons. The summed E-state index contributed by atoms with van der Waals surface area (Å²) in [7, 11) is 0. The van der Waals surface area contributed by atoms with Gasteiger partial charge in [-0.05, 0) is 17.7 Å². The van der Waals surface area contributed by atoms with Crippen LogP contribution >= 0.6 is 0 Å².